The van der Waals surface area contributed by atoms with Crippen LogP contribution in [0.4, 0.5) is 10.5 Å². The van der Waals surface area contributed by atoms with Crippen molar-refractivity contribution in [3.8, 4) is 0 Å². The molecule has 1 aromatic heterocycles. The highest BCUT2D eigenvalue weighted by Crippen LogP contribution is 2.27. The first-order valence-corrected chi connectivity index (χ1v) is 9.35. The van der Waals surface area contributed by atoms with Crippen LogP contribution in [0.25, 0.3) is 0 Å². The molecule has 1 atom stereocenters. The van der Waals surface area contributed by atoms with Crippen molar-refractivity contribution in [2.24, 2.45) is 0 Å². The van der Waals surface area contributed by atoms with Crippen LogP contribution >= 0.6 is 31.9 Å². The molecule has 1 saturated heterocycles. The van der Waals surface area contributed by atoms with Crippen LogP contribution < -0.4 is 5.32 Å². The molecule has 2 amide bonds. The fourth-order valence-electron chi connectivity index (χ4n) is 2.63. The first-order chi connectivity index (χ1) is 11.6. The van der Waals surface area contributed by atoms with Crippen LogP contribution in [0.5, 0.6) is 0 Å². The van der Waals surface area contributed by atoms with Crippen molar-refractivity contribution in [2.45, 2.75) is 25.5 Å². The number of carbonyl (C=O) groups is 1. The number of urea groups is 1. The van der Waals surface area contributed by atoms with Gasteiger partial charge in [-0.3, -0.25) is 0 Å². The maximum Gasteiger partial charge on any atom is 0.322 e. The third kappa shape index (κ3) is 4.62. The van der Waals surface area contributed by atoms with E-state index >= 15 is 0 Å². The minimum atomic E-state index is -0.180. The molecule has 0 saturated carbocycles. The zero-order valence-corrected chi connectivity index (χ0v) is 16.2. The van der Waals surface area contributed by atoms with Crippen LogP contribution in [0.1, 0.15) is 18.6 Å². The van der Waals surface area contributed by atoms with E-state index in [1.807, 2.05) is 30.3 Å². The Kier molecular flexibility index (Phi) is 5.97. The first-order valence-electron chi connectivity index (χ1n) is 7.77. The van der Waals surface area contributed by atoms with Crippen LogP contribution in [0.2, 0.25) is 0 Å². The molecule has 0 bridgehead atoms. The molecule has 128 valence electrons. The highest BCUT2D eigenvalue weighted by Gasteiger charge is 2.24. The zero-order chi connectivity index (χ0) is 16.9. The molecular formula is C17H18Br2N2O3. The third-order valence-corrected chi connectivity index (χ3v) is 5.02. The van der Waals surface area contributed by atoms with Crippen LogP contribution in [-0.4, -0.2) is 30.2 Å². The Morgan fingerprint density at radius 3 is 2.92 bits per heavy atom. The number of amides is 2. The molecule has 7 heteroatoms. The van der Waals surface area contributed by atoms with Gasteiger partial charge in [0.2, 0.25) is 0 Å². The van der Waals surface area contributed by atoms with Crippen molar-refractivity contribution in [1.29, 1.82) is 0 Å². The van der Waals surface area contributed by atoms with Crippen molar-refractivity contribution in [3.63, 3.8) is 0 Å². The molecule has 1 unspecified atom stereocenters. The molecule has 0 spiro atoms. The zero-order valence-electron chi connectivity index (χ0n) is 13.0. The molecule has 2 heterocycles. The third-order valence-electron chi connectivity index (χ3n) is 3.83. The summed E-state index contributed by atoms with van der Waals surface area (Å²) in [6.07, 6.45) is 3.71. The Labute approximate surface area is 157 Å². The van der Waals surface area contributed by atoms with Crippen molar-refractivity contribution >= 4 is 43.6 Å². The fraction of sp³-hybridized carbons (Fsp3) is 0.353. The van der Waals surface area contributed by atoms with Gasteiger partial charge in [-0.1, -0.05) is 15.9 Å². The SMILES string of the molecule is O=C(Nc1cc(Br)ccc1Br)N(Cc1ccco1)CC1CCCO1. The minimum absolute atomic E-state index is 0.0802. The molecule has 1 aliphatic rings. The number of nitrogens with zero attached hydrogens (tertiary/aromatic N) is 1. The van der Waals surface area contributed by atoms with Gasteiger partial charge >= 0.3 is 6.03 Å². The monoisotopic (exact) mass is 456 g/mol. The Morgan fingerprint density at radius 2 is 2.21 bits per heavy atom. The predicted molar refractivity (Wildman–Crippen MR) is 99.0 cm³/mol. The molecule has 24 heavy (non-hydrogen) atoms. The van der Waals surface area contributed by atoms with E-state index < -0.39 is 0 Å². The van der Waals surface area contributed by atoms with Crippen LogP contribution in [0.3, 0.4) is 0 Å². The van der Waals surface area contributed by atoms with E-state index in [9.17, 15) is 4.79 Å². The summed E-state index contributed by atoms with van der Waals surface area (Å²) < 4.78 is 12.8. The fourth-order valence-corrected chi connectivity index (χ4v) is 3.34. The van der Waals surface area contributed by atoms with Gasteiger partial charge in [-0.05, 0) is 59.1 Å². The lowest BCUT2D eigenvalue weighted by atomic mass is 10.2. The van der Waals surface area contributed by atoms with E-state index in [0.29, 0.717) is 18.8 Å². The number of nitrogens with one attached hydrogen (secondary N) is 1. The maximum absolute atomic E-state index is 12.8. The summed E-state index contributed by atoms with van der Waals surface area (Å²) in [5.74, 6) is 0.747. The number of anilines is 1. The van der Waals surface area contributed by atoms with Crippen molar-refractivity contribution in [1.82, 2.24) is 4.90 Å². The summed E-state index contributed by atoms with van der Waals surface area (Å²) in [4.78, 5) is 14.5. The standard InChI is InChI=1S/C17H18Br2N2O3/c18-12-5-6-15(19)16(9-12)20-17(22)21(10-13-3-1-7-23-13)11-14-4-2-8-24-14/h1,3,5-7,9,14H,2,4,8,10-11H2,(H,20,22). The number of rotatable bonds is 5. The van der Waals surface area contributed by atoms with Gasteiger partial charge in [-0.2, -0.15) is 0 Å². The quantitative estimate of drug-likeness (QED) is 0.685. The van der Waals surface area contributed by atoms with Crippen LogP contribution in [0.15, 0.2) is 50.0 Å². The number of hydrogen-bond acceptors (Lipinski definition) is 3. The maximum atomic E-state index is 12.8. The lowest BCUT2D eigenvalue weighted by molar-refractivity contribution is 0.0803. The average Bonchev–Trinajstić information content (AvgIpc) is 3.24. The summed E-state index contributed by atoms with van der Waals surface area (Å²) in [6, 6.07) is 9.16. The summed E-state index contributed by atoms with van der Waals surface area (Å²) >= 11 is 6.88. The van der Waals surface area contributed by atoms with E-state index in [1.165, 1.54) is 0 Å². The molecule has 2 aromatic rings. The topological polar surface area (TPSA) is 54.7 Å². The Balaban J connectivity index is 1.72. The summed E-state index contributed by atoms with van der Waals surface area (Å²) in [7, 11) is 0. The normalized spacial score (nSPS) is 17.0. The molecule has 1 aromatic carbocycles. The lowest BCUT2D eigenvalue weighted by Gasteiger charge is -2.25. The van der Waals surface area contributed by atoms with Gasteiger partial charge in [-0.25, -0.2) is 4.79 Å². The number of hydrogen-bond donors (Lipinski definition) is 1. The Hall–Kier alpha value is -1.31. The van der Waals surface area contributed by atoms with Gasteiger partial charge in [0, 0.05) is 22.1 Å². The van der Waals surface area contributed by atoms with Crippen molar-refractivity contribution < 1.29 is 13.9 Å². The molecule has 1 fully saturated rings. The second kappa shape index (κ2) is 8.18. The highest BCUT2D eigenvalue weighted by atomic mass is 79.9. The van der Waals surface area contributed by atoms with Gasteiger partial charge in [0.1, 0.15) is 5.76 Å². The molecule has 0 radical (unpaired) electrons. The summed E-state index contributed by atoms with van der Waals surface area (Å²) in [5.41, 5.74) is 0.714. The number of benzene rings is 1. The molecule has 5 nitrogen and oxygen atoms in total. The van der Waals surface area contributed by atoms with Gasteiger partial charge < -0.3 is 19.4 Å². The molecule has 3 rings (SSSR count). The van der Waals surface area contributed by atoms with Crippen LogP contribution in [0, 0.1) is 0 Å². The number of carbonyl (C=O) groups excluding carboxylic acids is 1. The molecule has 0 aliphatic carbocycles. The highest BCUT2D eigenvalue weighted by molar-refractivity contribution is 9.11. The molecular weight excluding hydrogens is 440 g/mol. The first kappa shape index (κ1) is 17.5. The van der Waals surface area contributed by atoms with Crippen molar-refractivity contribution in [2.75, 3.05) is 18.5 Å². The minimum Gasteiger partial charge on any atom is -0.467 e. The second-order valence-corrected chi connectivity index (χ2v) is 7.42. The second-order valence-electron chi connectivity index (χ2n) is 5.65. The largest absolute Gasteiger partial charge is 0.467 e. The van der Waals surface area contributed by atoms with E-state index in [-0.39, 0.29) is 12.1 Å². The number of ether oxygens (including phenoxy) is 1. The van der Waals surface area contributed by atoms with Gasteiger partial charge in [0.05, 0.1) is 24.6 Å². The van der Waals surface area contributed by atoms with E-state index in [2.05, 4.69) is 37.2 Å². The predicted octanol–water partition coefficient (Wildman–Crippen LogP) is 5.02. The van der Waals surface area contributed by atoms with E-state index in [1.54, 1.807) is 11.2 Å². The smallest absolute Gasteiger partial charge is 0.322 e. The van der Waals surface area contributed by atoms with Gasteiger partial charge in [0.25, 0.3) is 0 Å². The number of halogens is 2. The summed E-state index contributed by atoms with van der Waals surface area (Å²) in [5, 5.41) is 2.95. The van der Waals surface area contributed by atoms with Gasteiger partial charge in [-0.15, -0.1) is 0 Å². The molecule has 1 aliphatic heterocycles. The molecule has 1 N–H and O–H groups in total. The summed E-state index contributed by atoms with van der Waals surface area (Å²) in [6.45, 7) is 1.71. The van der Waals surface area contributed by atoms with E-state index in [0.717, 1.165) is 34.2 Å². The Bertz CT molecular complexity index is 685. The van der Waals surface area contributed by atoms with Gasteiger partial charge in [0.15, 0.2) is 0 Å². The van der Waals surface area contributed by atoms with Crippen LogP contribution in [-0.2, 0) is 11.3 Å². The number of furan rings is 1. The lowest BCUT2D eigenvalue weighted by Crippen LogP contribution is -2.39. The van der Waals surface area contributed by atoms with Crippen molar-refractivity contribution in [3.05, 3.63) is 51.3 Å². The average molecular weight is 458 g/mol. The van der Waals surface area contributed by atoms with E-state index in [4.69, 9.17) is 9.15 Å². The Morgan fingerprint density at radius 1 is 1.33 bits per heavy atom.